The number of alkyl halides is 3. The zero-order valence-corrected chi connectivity index (χ0v) is 16.3. The van der Waals surface area contributed by atoms with Crippen LogP contribution in [0.4, 0.5) is 18.9 Å². The summed E-state index contributed by atoms with van der Waals surface area (Å²) in [4.78, 5) is 27.3. The van der Waals surface area contributed by atoms with E-state index in [1.54, 1.807) is 17.0 Å². The molecular weight excluding hydrogens is 393 g/mol. The molecule has 154 valence electrons. The van der Waals surface area contributed by atoms with Crippen molar-refractivity contribution < 1.29 is 22.8 Å². The number of halogens is 4. The number of benzene rings is 1. The molecule has 1 aliphatic heterocycles. The van der Waals surface area contributed by atoms with E-state index in [0.29, 0.717) is 36.5 Å². The van der Waals surface area contributed by atoms with E-state index in [0.717, 1.165) is 19.3 Å². The largest absolute Gasteiger partial charge is 0.391 e. The quantitative estimate of drug-likeness (QED) is 0.729. The number of amides is 2. The average Bonchev–Trinajstić information content (AvgIpc) is 2.68. The van der Waals surface area contributed by atoms with Crippen LogP contribution in [0, 0.1) is 11.8 Å². The van der Waals surface area contributed by atoms with E-state index in [1.165, 1.54) is 6.07 Å². The van der Waals surface area contributed by atoms with Crippen LogP contribution in [0.3, 0.4) is 0 Å². The minimum absolute atomic E-state index is 0.0587. The Morgan fingerprint density at radius 1 is 1.07 bits per heavy atom. The first-order chi connectivity index (χ1) is 13.3. The molecule has 2 amide bonds. The molecule has 0 radical (unpaired) electrons. The van der Waals surface area contributed by atoms with Crippen LogP contribution < -0.4 is 5.32 Å². The van der Waals surface area contributed by atoms with Crippen molar-refractivity contribution in [1.82, 2.24) is 4.90 Å². The molecule has 1 N–H and O–H groups in total. The summed E-state index contributed by atoms with van der Waals surface area (Å²) in [6.07, 6.45) is -0.732. The Labute approximate surface area is 167 Å². The zero-order chi connectivity index (χ0) is 20.3. The van der Waals surface area contributed by atoms with Gasteiger partial charge in [0.2, 0.25) is 5.91 Å². The molecule has 2 aliphatic rings. The third-order valence-electron chi connectivity index (χ3n) is 5.62. The Balaban J connectivity index is 1.75. The minimum Gasteiger partial charge on any atom is -0.339 e. The lowest BCUT2D eigenvalue weighted by atomic mass is 9.80. The predicted molar refractivity (Wildman–Crippen MR) is 101 cm³/mol. The molecule has 1 saturated carbocycles. The summed E-state index contributed by atoms with van der Waals surface area (Å²) in [7, 11) is 0. The lowest BCUT2D eigenvalue weighted by Crippen LogP contribution is -2.37. The highest BCUT2D eigenvalue weighted by molar-refractivity contribution is 6.31. The number of anilines is 1. The van der Waals surface area contributed by atoms with E-state index in [-0.39, 0.29) is 24.4 Å². The fourth-order valence-electron chi connectivity index (χ4n) is 4.03. The first-order valence-electron chi connectivity index (χ1n) is 9.72. The van der Waals surface area contributed by atoms with Gasteiger partial charge in [0.15, 0.2) is 0 Å². The fourth-order valence-corrected chi connectivity index (χ4v) is 4.21. The van der Waals surface area contributed by atoms with Crippen molar-refractivity contribution in [3.63, 3.8) is 0 Å². The van der Waals surface area contributed by atoms with Crippen LogP contribution in [0.1, 0.15) is 55.3 Å². The van der Waals surface area contributed by atoms with E-state index >= 15 is 0 Å². The second-order valence-electron chi connectivity index (χ2n) is 7.63. The highest BCUT2D eigenvalue weighted by Crippen LogP contribution is 2.40. The van der Waals surface area contributed by atoms with Gasteiger partial charge in [-0.2, -0.15) is 13.2 Å². The van der Waals surface area contributed by atoms with Gasteiger partial charge in [-0.1, -0.05) is 18.0 Å². The van der Waals surface area contributed by atoms with Gasteiger partial charge in [-0.15, -0.1) is 0 Å². The summed E-state index contributed by atoms with van der Waals surface area (Å²) in [6, 6.07) is 4.63. The number of likely N-dealkylation sites (tertiary alicyclic amines) is 1. The van der Waals surface area contributed by atoms with E-state index in [9.17, 15) is 22.8 Å². The lowest BCUT2D eigenvalue weighted by molar-refractivity contribution is -0.185. The summed E-state index contributed by atoms with van der Waals surface area (Å²) >= 11 is 6.03. The van der Waals surface area contributed by atoms with Crippen molar-refractivity contribution in [3.8, 4) is 0 Å². The molecule has 2 unspecified atom stereocenters. The molecule has 0 aromatic heterocycles. The third kappa shape index (κ3) is 4.99. The molecule has 28 heavy (non-hydrogen) atoms. The van der Waals surface area contributed by atoms with E-state index in [2.05, 4.69) is 5.32 Å². The molecule has 8 heteroatoms. The predicted octanol–water partition coefficient (Wildman–Crippen LogP) is 5.27. The molecule has 2 atom stereocenters. The second kappa shape index (κ2) is 8.72. The Kier molecular flexibility index (Phi) is 6.53. The van der Waals surface area contributed by atoms with Crippen LogP contribution in [0.5, 0.6) is 0 Å². The topological polar surface area (TPSA) is 49.4 Å². The van der Waals surface area contributed by atoms with Crippen LogP contribution in [0.25, 0.3) is 0 Å². The molecule has 1 aromatic carbocycles. The molecule has 4 nitrogen and oxygen atoms in total. The smallest absolute Gasteiger partial charge is 0.339 e. The number of hydrogen-bond acceptors (Lipinski definition) is 2. The van der Waals surface area contributed by atoms with Gasteiger partial charge in [0.05, 0.1) is 17.2 Å². The molecule has 3 rings (SSSR count). The fraction of sp³-hybridized carbons (Fsp3) is 0.600. The Morgan fingerprint density at radius 3 is 2.46 bits per heavy atom. The molecule has 1 aliphatic carbocycles. The van der Waals surface area contributed by atoms with Crippen molar-refractivity contribution in [1.29, 1.82) is 0 Å². The van der Waals surface area contributed by atoms with Crippen LogP contribution >= 0.6 is 11.6 Å². The minimum atomic E-state index is -4.29. The van der Waals surface area contributed by atoms with Gasteiger partial charge in [0, 0.05) is 24.0 Å². The summed E-state index contributed by atoms with van der Waals surface area (Å²) < 4.78 is 39.1. The van der Waals surface area contributed by atoms with Gasteiger partial charge in [-0.05, 0) is 56.7 Å². The number of nitrogens with zero attached hydrogens (tertiary/aromatic N) is 1. The van der Waals surface area contributed by atoms with Crippen LogP contribution in [-0.4, -0.2) is 36.0 Å². The first kappa shape index (κ1) is 21.0. The molecule has 2 fully saturated rings. The van der Waals surface area contributed by atoms with Gasteiger partial charge in [0.1, 0.15) is 0 Å². The Hall–Kier alpha value is -1.76. The highest BCUT2D eigenvalue weighted by atomic mass is 35.5. The van der Waals surface area contributed by atoms with Gasteiger partial charge >= 0.3 is 6.18 Å². The summed E-state index contributed by atoms with van der Waals surface area (Å²) in [6.45, 7) is 1.31. The molecule has 1 aromatic rings. The van der Waals surface area contributed by atoms with Crippen LogP contribution in [-0.2, 0) is 4.79 Å². The van der Waals surface area contributed by atoms with Gasteiger partial charge in [0.25, 0.3) is 5.91 Å². The van der Waals surface area contributed by atoms with Crippen LogP contribution in [0.2, 0.25) is 5.02 Å². The number of piperidine rings is 1. The van der Waals surface area contributed by atoms with Crippen LogP contribution in [0.15, 0.2) is 18.2 Å². The highest BCUT2D eigenvalue weighted by Gasteiger charge is 2.43. The molecule has 1 heterocycles. The number of hydrogen-bond donors (Lipinski definition) is 1. The van der Waals surface area contributed by atoms with Crippen molar-refractivity contribution in [2.24, 2.45) is 11.8 Å². The summed E-state index contributed by atoms with van der Waals surface area (Å²) in [5, 5.41) is 3.02. The van der Waals surface area contributed by atoms with E-state index < -0.39 is 23.9 Å². The standard InChI is InChI=1S/C20H24ClF3N2O2/c21-15-7-8-16(19(28)26-9-2-1-3-10-26)17(12-15)25-18(27)13-5-4-6-14(11-13)20(22,23)24/h7-8,12-14H,1-6,9-11H2,(H,25,27). The molecule has 1 saturated heterocycles. The Bertz CT molecular complexity index is 733. The number of carbonyl (C=O) groups is 2. The zero-order valence-electron chi connectivity index (χ0n) is 15.5. The average molecular weight is 417 g/mol. The normalized spacial score (nSPS) is 23.4. The number of carbonyl (C=O) groups excluding carboxylic acids is 2. The summed E-state index contributed by atoms with van der Waals surface area (Å²) in [5.74, 6) is -2.85. The SMILES string of the molecule is O=C(Nc1cc(Cl)ccc1C(=O)N1CCCCC1)C1CCCC(C(F)(F)F)C1. The second-order valence-corrected chi connectivity index (χ2v) is 8.07. The van der Waals surface area contributed by atoms with Gasteiger partial charge < -0.3 is 10.2 Å². The van der Waals surface area contributed by atoms with E-state index in [4.69, 9.17) is 11.6 Å². The molecule has 0 bridgehead atoms. The maximum absolute atomic E-state index is 13.0. The van der Waals surface area contributed by atoms with Crippen molar-refractivity contribution >= 4 is 29.1 Å². The van der Waals surface area contributed by atoms with Crippen molar-refractivity contribution in [2.75, 3.05) is 18.4 Å². The Morgan fingerprint density at radius 2 is 1.79 bits per heavy atom. The maximum atomic E-state index is 13.0. The van der Waals surface area contributed by atoms with Crippen molar-refractivity contribution in [3.05, 3.63) is 28.8 Å². The number of rotatable bonds is 3. The summed E-state index contributed by atoms with van der Waals surface area (Å²) in [5.41, 5.74) is 0.588. The molecule has 0 spiro atoms. The first-order valence-corrected chi connectivity index (χ1v) is 10.1. The van der Waals surface area contributed by atoms with Crippen molar-refractivity contribution in [2.45, 2.75) is 51.1 Å². The maximum Gasteiger partial charge on any atom is 0.391 e. The number of nitrogens with one attached hydrogen (secondary N) is 1. The van der Waals surface area contributed by atoms with Gasteiger partial charge in [-0.3, -0.25) is 9.59 Å². The molecular formula is C20H24ClF3N2O2. The van der Waals surface area contributed by atoms with E-state index in [1.807, 2.05) is 0 Å². The third-order valence-corrected chi connectivity index (χ3v) is 5.86. The van der Waals surface area contributed by atoms with Gasteiger partial charge in [-0.25, -0.2) is 0 Å². The lowest BCUT2D eigenvalue weighted by Gasteiger charge is -2.30. The monoisotopic (exact) mass is 416 g/mol.